The molecule has 1 amide bonds. The molecular weight excluding hydrogens is 352 g/mol. The normalized spacial score (nSPS) is 15.8. The van der Waals surface area contributed by atoms with Crippen molar-refractivity contribution in [3.8, 4) is 0 Å². The van der Waals surface area contributed by atoms with E-state index in [4.69, 9.17) is 0 Å². The van der Waals surface area contributed by atoms with E-state index in [0.29, 0.717) is 11.0 Å². The number of hydrogen-bond acceptors (Lipinski definition) is 6. The van der Waals surface area contributed by atoms with Gasteiger partial charge in [-0.2, -0.15) is 0 Å². The van der Waals surface area contributed by atoms with Gasteiger partial charge in [-0.15, -0.1) is 21.5 Å². The van der Waals surface area contributed by atoms with Crippen LogP contribution in [0.5, 0.6) is 0 Å². The number of thiazole rings is 1. The fraction of sp³-hybridized carbons (Fsp3) is 0.333. The number of rotatable bonds is 4. The van der Waals surface area contributed by atoms with Crippen LogP contribution in [0, 0.1) is 0 Å². The topological polar surface area (TPSA) is 67.8 Å². The molecule has 5 nitrogen and oxygen atoms in total. The number of fused-ring (bicyclic) bond motifs is 1. The van der Waals surface area contributed by atoms with E-state index in [0.717, 1.165) is 20.2 Å². The van der Waals surface area contributed by atoms with Gasteiger partial charge in [-0.05, 0) is 31.1 Å². The van der Waals surface area contributed by atoms with Gasteiger partial charge in [0.25, 0.3) is 0 Å². The number of amides is 1. The molecule has 1 N–H and O–H groups in total. The third-order valence-electron chi connectivity index (χ3n) is 4.31. The molecule has 0 saturated heterocycles. The van der Waals surface area contributed by atoms with Gasteiger partial charge in [0.1, 0.15) is 10.0 Å². The lowest BCUT2D eigenvalue weighted by atomic mass is 9.90. The fourth-order valence-corrected chi connectivity index (χ4v) is 4.84. The second-order valence-electron chi connectivity index (χ2n) is 6.12. The van der Waals surface area contributed by atoms with E-state index in [2.05, 4.69) is 20.5 Å². The molecule has 0 aliphatic heterocycles. The zero-order valence-corrected chi connectivity index (χ0v) is 15.3. The zero-order chi connectivity index (χ0) is 17.1. The van der Waals surface area contributed by atoms with Crippen molar-refractivity contribution in [3.63, 3.8) is 0 Å². The largest absolute Gasteiger partial charge is 0.297 e. The summed E-state index contributed by atoms with van der Waals surface area (Å²) in [5, 5.41) is 13.6. The third kappa shape index (κ3) is 3.93. The summed E-state index contributed by atoms with van der Waals surface area (Å²) < 4.78 is 1.11. The first kappa shape index (κ1) is 16.4. The number of para-hydroxylation sites is 1. The number of aromatic nitrogens is 3. The number of hydrogen-bond donors (Lipinski definition) is 1. The van der Waals surface area contributed by atoms with Crippen LogP contribution in [0.2, 0.25) is 0 Å². The summed E-state index contributed by atoms with van der Waals surface area (Å²) >= 11 is 3.06. The highest BCUT2D eigenvalue weighted by molar-refractivity contribution is 7.19. The summed E-state index contributed by atoms with van der Waals surface area (Å²) in [6, 6.07) is 7.94. The smallest absolute Gasteiger partial charge is 0.250 e. The summed E-state index contributed by atoms with van der Waals surface area (Å²) in [6.07, 6.45) is 9.44. The first-order valence-corrected chi connectivity index (χ1v) is 10.1. The van der Waals surface area contributed by atoms with Gasteiger partial charge in [-0.3, -0.25) is 10.1 Å². The van der Waals surface area contributed by atoms with Crippen molar-refractivity contribution < 1.29 is 4.79 Å². The Bertz CT molecular complexity index is 876. The van der Waals surface area contributed by atoms with Crippen molar-refractivity contribution >= 4 is 50.0 Å². The van der Waals surface area contributed by atoms with Gasteiger partial charge in [0, 0.05) is 12.0 Å². The molecule has 1 aromatic carbocycles. The first-order chi connectivity index (χ1) is 12.3. The molecule has 128 valence electrons. The lowest BCUT2D eigenvalue weighted by molar-refractivity contribution is -0.111. The molecule has 0 atom stereocenters. The molecule has 7 heteroatoms. The molecule has 1 saturated carbocycles. The number of benzene rings is 1. The number of anilines is 1. The second kappa shape index (κ2) is 7.41. The van der Waals surface area contributed by atoms with Crippen molar-refractivity contribution in [2.75, 3.05) is 5.32 Å². The molecule has 0 radical (unpaired) electrons. The van der Waals surface area contributed by atoms with Crippen molar-refractivity contribution in [1.82, 2.24) is 15.2 Å². The molecule has 1 aliphatic carbocycles. The maximum atomic E-state index is 12.1. The Labute approximate surface area is 153 Å². The molecule has 3 aromatic rings. The van der Waals surface area contributed by atoms with Gasteiger partial charge < -0.3 is 0 Å². The second-order valence-corrected chi connectivity index (χ2v) is 8.19. The van der Waals surface area contributed by atoms with Crippen LogP contribution in [0.25, 0.3) is 16.3 Å². The highest BCUT2D eigenvalue weighted by Gasteiger charge is 2.19. The summed E-state index contributed by atoms with van der Waals surface area (Å²) in [6.45, 7) is 0. The molecule has 2 heterocycles. The van der Waals surface area contributed by atoms with Crippen LogP contribution in [0.15, 0.2) is 30.3 Å². The molecule has 1 fully saturated rings. The minimum Gasteiger partial charge on any atom is -0.297 e. The summed E-state index contributed by atoms with van der Waals surface area (Å²) in [5.41, 5.74) is 0.953. The van der Waals surface area contributed by atoms with Crippen molar-refractivity contribution in [2.45, 2.75) is 38.0 Å². The molecule has 0 unspecified atom stereocenters. The average Bonchev–Trinajstić information content (AvgIpc) is 3.27. The average molecular weight is 371 g/mol. The molecular formula is C18H18N4OS2. The van der Waals surface area contributed by atoms with Crippen molar-refractivity contribution in [2.24, 2.45) is 0 Å². The zero-order valence-electron chi connectivity index (χ0n) is 13.6. The minimum atomic E-state index is -0.203. The van der Waals surface area contributed by atoms with Gasteiger partial charge in [-0.1, -0.05) is 42.7 Å². The maximum absolute atomic E-state index is 12.1. The van der Waals surface area contributed by atoms with E-state index in [1.165, 1.54) is 49.5 Å². The van der Waals surface area contributed by atoms with Crippen LogP contribution in [0.4, 0.5) is 5.13 Å². The number of nitrogens with zero attached hydrogens (tertiary/aromatic N) is 3. The molecule has 0 spiro atoms. The van der Waals surface area contributed by atoms with E-state index < -0.39 is 0 Å². The van der Waals surface area contributed by atoms with E-state index in [-0.39, 0.29) is 5.91 Å². The van der Waals surface area contributed by atoms with Gasteiger partial charge in [0.15, 0.2) is 0 Å². The van der Waals surface area contributed by atoms with Crippen LogP contribution in [0.3, 0.4) is 0 Å². The lowest BCUT2D eigenvalue weighted by Crippen LogP contribution is -2.07. The van der Waals surface area contributed by atoms with Crippen LogP contribution >= 0.6 is 22.7 Å². The van der Waals surface area contributed by atoms with Crippen molar-refractivity contribution in [3.05, 3.63) is 40.4 Å². The molecule has 2 aromatic heterocycles. The van der Waals surface area contributed by atoms with Gasteiger partial charge in [-0.25, -0.2) is 4.98 Å². The molecule has 1 aliphatic rings. The SMILES string of the molecule is O=C(/C=C/c1nc2ccccc2s1)Nc1nnc(C2CCCCC2)s1. The minimum absolute atomic E-state index is 0.203. The van der Waals surface area contributed by atoms with E-state index in [9.17, 15) is 4.79 Å². The summed E-state index contributed by atoms with van der Waals surface area (Å²) in [4.78, 5) is 16.6. The predicted molar refractivity (Wildman–Crippen MR) is 103 cm³/mol. The van der Waals surface area contributed by atoms with E-state index in [1.807, 2.05) is 24.3 Å². The Morgan fingerprint density at radius 2 is 1.96 bits per heavy atom. The number of nitrogens with one attached hydrogen (secondary N) is 1. The fourth-order valence-electron chi connectivity index (χ4n) is 3.05. The van der Waals surface area contributed by atoms with E-state index >= 15 is 0 Å². The Balaban J connectivity index is 1.39. The highest BCUT2D eigenvalue weighted by atomic mass is 32.1. The monoisotopic (exact) mass is 370 g/mol. The molecule has 4 rings (SSSR count). The number of carbonyl (C=O) groups is 1. The molecule has 0 bridgehead atoms. The van der Waals surface area contributed by atoms with Gasteiger partial charge >= 0.3 is 0 Å². The first-order valence-electron chi connectivity index (χ1n) is 8.46. The Kier molecular flexibility index (Phi) is 4.85. The highest BCUT2D eigenvalue weighted by Crippen LogP contribution is 2.35. The summed E-state index contributed by atoms with van der Waals surface area (Å²) in [5.74, 6) is 0.306. The summed E-state index contributed by atoms with van der Waals surface area (Å²) in [7, 11) is 0. The Morgan fingerprint density at radius 1 is 1.12 bits per heavy atom. The lowest BCUT2D eigenvalue weighted by Gasteiger charge is -2.18. The standard InChI is InChI=1S/C18H18N4OS2/c23-15(10-11-16-19-13-8-4-5-9-14(13)24-16)20-18-22-21-17(25-18)12-6-2-1-3-7-12/h4-5,8-12H,1-3,6-7H2,(H,20,22,23)/b11-10+. The predicted octanol–water partition coefficient (Wildman–Crippen LogP) is 4.85. The molecule has 25 heavy (non-hydrogen) atoms. The van der Waals surface area contributed by atoms with Crippen LogP contribution < -0.4 is 5.32 Å². The van der Waals surface area contributed by atoms with E-state index in [1.54, 1.807) is 17.4 Å². The van der Waals surface area contributed by atoms with Gasteiger partial charge in [0.2, 0.25) is 11.0 Å². The quantitative estimate of drug-likeness (QED) is 0.667. The maximum Gasteiger partial charge on any atom is 0.250 e. The van der Waals surface area contributed by atoms with Crippen LogP contribution in [0.1, 0.15) is 48.0 Å². The van der Waals surface area contributed by atoms with Crippen LogP contribution in [-0.2, 0) is 4.79 Å². The van der Waals surface area contributed by atoms with Gasteiger partial charge in [0.05, 0.1) is 10.2 Å². The Hall–Kier alpha value is -2.12. The van der Waals surface area contributed by atoms with Crippen molar-refractivity contribution in [1.29, 1.82) is 0 Å². The Morgan fingerprint density at radius 3 is 2.80 bits per heavy atom. The van der Waals surface area contributed by atoms with Crippen LogP contribution in [-0.4, -0.2) is 21.1 Å². The third-order valence-corrected chi connectivity index (χ3v) is 6.32. The number of carbonyl (C=O) groups excluding carboxylic acids is 1.